The third-order valence-corrected chi connectivity index (χ3v) is 3.75. The molecular formula is C11H12O3S. The molecule has 0 radical (unpaired) electrons. The Morgan fingerprint density at radius 1 is 1.67 bits per heavy atom. The zero-order valence-electron chi connectivity index (χ0n) is 8.40. The number of hydrogen-bond donors (Lipinski definition) is 1. The summed E-state index contributed by atoms with van der Waals surface area (Å²) < 4.78 is 5.26. The van der Waals surface area contributed by atoms with Crippen molar-refractivity contribution in [1.29, 1.82) is 0 Å². The van der Waals surface area contributed by atoms with Gasteiger partial charge in [0.15, 0.2) is 0 Å². The van der Waals surface area contributed by atoms with Crippen molar-refractivity contribution in [2.45, 2.75) is 17.2 Å². The molecular weight excluding hydrogens is 212 g/mol. The fourth-order valence-electron chi connectivity index (χ4n) is 1.88. The number of carbonyl (C=O) groups is 1. The fourth-order valence-corrected chi connectivity index (χ4v) is 3.14. The molecule has 1 aliphatic heterocycles. The van der Waals surface area contributed by atoms with Crippen molar-refractivity contribution in [1.82, 2.24) is 0 Å². The SMILES string of the molecule is COc1cccc2c1C(CC(=O)O)CS2. The van der Waals surface area contributed by atoms with E-state index in [1.807, 2.05) is 18.2 Å². The summed E-state index contributed by atoms with van der Waals surface area (Å²) >= 11 is 1.70. The van der Waals surface area contributed by atoms with Crippen LogP contribution in [0.2, 0.25) is 0 Å². The van der Waals surface area contributed by atoms with E-state index >= 15 is 0 Å². The Labute approximate surface area is 92.4 Å². The van der Waals surface area contributed by atoms with E-state index in [9.17, 15) is 4.79 Å². The quantitative estimate of drug-likeness (QED) is 0.856. The van der Waals surface area contributed by atoms with Crippen LogP contribution in [0.15, 0.2) is 23.1 Å². The number of ether oxygens (including phenoxy) is 1. The van der Waals surface area contributed by atoms with Gasteiger partial charge in [0.1, 0.15) is 5.75 Å². The van der Waals surface area contributed by atoms with Crippen molar-refractivity contribution >= 4 is 17.7 Å². The lowest BCUT2D eigenvalue weighted by atomic mass is 9.97. The average molecular weight is 224 g/mol. The van der Waals surface area contributed by atoms with Gasteiger partial charge in [-0.15, -0.1) is 11.8 Å². The van der Waals surface area contributed by atoms with Crippen molar-refractivity contribution in [3.63, 3.8) is 0 Å². The number of rotatable bonds is 3. The van der Waals surface area contributed by atoms with Gasteiger partial charge in [0.05, 0.1) is 13.5 Å². The second-order valence-electron chi connectivity index (χ2n) is 3.48. The molecule has 0 amide bonds. The van der Waals surface area contributed by atoms with E-state index in [2.05, 4.69) is 0 Å². The maximum Gasteiger partial charge on any atom is 0.303 e. The van der Waals surface area contributed by atoms with Gasteiger partial charge in [-0.2, -0.15) is 0 Å². The standard InChI is InChI=1S/C11H12O3S/c1-14-8-3-2-4-9-11(8)7(6-15-9)5-10(12)13/h2-4,7H,5-6H2,1H3,(H,12,13). The van der Waals surface area contributed by atoms with Gasteiger partial charge < -0.3 is 9.84 Å². The summed E-state index contributed by atoms with van der Waals surface area (Å²) in [6, 6.07) is 5.84. The van der Waals surface area contributed by atoms with Crippen molar-refractivity contribution in [2.24, 2.45) is 0 Å². The Hall–Kier alpha value is -1.16. The first-order valence-corrected chi connectivity index (χ1v) is 5.72. The van der Waals surface area contributed by atoms with Crippen molar-refractivity contribution in [3.05, 3.63) is 23.8 Å². The maximum atomic E-state index is 10.7. The molecule has 0 bridgehead atoms. The topological polar surface area (TPSA) is 46.5 Å². The Kier molecular flexibility index (Phi) is 2.86. The summed E-state index contributed by atoms with van der Waals surface area (Å²) in [4.78, 5) is 11.9. The van der Waals surface area contributed by atoms with Crippen molar-refractivity contribution < 1.29 is 14.6 Å². The van der Waals surface area contributed by atoms with E-state index in [0.29, 0.717) is 0 Å². The number of carboxylic acid groups (broad SMARTS) is 1. The smallest absolute Gasteiger partial charge is 0.303 e. The highest BCUT2D eigenvalue weighted by Crippen LogP contribution is 2.45. The Morgan fingerprint density at radius 2 is 2.47 bits per heavy atom. The van der Waals surface area contributed by atoms with Crippen LogP contribution < -0.4 is 4.74 Å². The fraction of sp³-hybridized carbons (Fsp3) is 0.364. The van der Waals surface area contributed by atoms with Crippen molar-refractivity contribution in [2.75, 3.05) is 12.9 Å². The summed E-state index contributed by atoms with van der Waals surface area (Å²) in [5.74, 6) is 0.976. The highest BCUT2D eigenvalue weighted by Gasteiger charge is 2.28. The van der Waals surface area contributed by atoms with E-state index in [1.165, 1.54) is 0 Å². The largest absolute Gasteiger partial charge is 0.496 e. The normalized spacial score (nSPS) is 18.6. The minimum Gasteiger partial charge on any atom is -0.496 e. The first kappa shape index (κ1) is 10.4. The Balaban J connectivity index is 2.35. The molecule has 1 heterocycles. The molecule has 1 aliphatic rings. The number of methoxy groups -OCH3 is 1. The van der Waals surface area contributed by atoms with Crippen LogP contribution in [0.1, 0.15) is 17.9 Å². The van der Waals surface area contributed by atoms with Crippen LogP contribution in [0.3, 0.4) is 0 Å². The van der Waals surface area contributed by atoms with Gasteiger partial charge in [-0.1, -0.05) is 6.07 Å². The third kappa shape index (κ3) is 1.95. The number of benzene rings is 1. The molecule has 80 valence electrons. The molecule has 1 atom stereocenters. The molecule has 3 nitrogen and oxygen atoms in total. The predicted molar refractivity (Wildman–Crippen MR) is 58.7 cm³/mol. The lowest BCUT2D eigenvalue weighted by Crippen LogP contribution is -2.06. The van der Waals surface area contributed by atoms with Crippen LogP contribution in [-0.4, -0.2) is 23.9 Å². The van der Waals surface area contributed by atoms with Crippen LogP contribution in [0.25, 0.3) is 0 Å². The number of fused-ring (bicyclic) bond motifs is 1. The third-order valence-electron chi connectivity index (χ3n) is 2.52. The zero-order chi connectivity index (χ0) is 10.8. The van der Waals surface area contributed by atoms with Gasteiger partial charge in [0.2, 0.25) is 0 Å². The van der Waals surface area contributed by atoms with Crippen molar-refractivity contribution in [3.8, 4) is 5.75 Å². The number of aliphatic carboxylic acids is 1. The Bertz CT molecular complexity index is 389. The van der Waals surface area contributed by atoms with Gasteiger partial charge in [-0.05, 0) is 12.1 Å². The molecule has 0 fully saturated rings. The first-order valence-electron chi connectivity index (χ1n) is 4.74. The summed E-state index contributed by atoms with van der Waals surface area (Å²) in [6.07, 6.45) is 0.181. The molecule has 0 saturated heterocycles. The molecule has 2 rings (SSSR count). The minimum atomic E-state index is -0.751. The first-order chi connectivity index (χ1) is 7.22. The minimum absolute atomic E-state index is 0.0821. The Morgan fingerprint density at radius 3 is 3.13 bits per heavy atom. The number of carboxylic acids is 1. The van der Waals surface area contributed by atoms with E-state index in [1.54, 1.807) is 18.9 Å². The molecule has 0 aliphatic carbocycles. The highest BCUT2D eigenvalue weighted by molar-refractivity contribution is 7.99. The van der Waals surface area contributed by atoms with E-state index in [4.69, 9.17) is 9.84 Å². The molecule has 0 saturated carbocycles. The molecule has 1 unspecified atom stereocenters. The summed E-state index contributed by atoms with van der Waals surface area (Å²) in [5.41, 5.74) is 1.06. The molecule has 1 aromatic carbocycles. The summed E-state index contributed by atoms with van der Waals surface area (Å²) in [5, 5.41) is 8.81. The summed E-state index contributed by atoms with van der Waals surface area (Å²) in [6.45, 7) is 0. The van der Waals surface area contributed by atoms with Gasteiger partial charge >= 0.3 is 5.97 Å². The molecule has 15 heavy (non-hydrogen) atoms. The van der Waals surface area contributed by atoms with Gasteiger partial charge in [-0.3, -0.25) is 4.79 Å². The number of thioether (sulfide) groups is 1. The highest BCUT2D eigenvalue weighted by atomic mass is 32.2. The molecule has 4 heteroatoms. The van der Waals surface area contributed by atoms with Crippen LogP contribution >= 0.6 is 11.8 Å². The average Bonchev–Trinajstić information content (AvgIpc) is 2.61. The van der Waals surface area contributed by atoms with Crippen LogP contribution in [-0.2, 0) is 4.79 Å². The summed E-state index contributed by atoms with van der Waals surface area (Å²) in [7, 11) is 1.62. The second-order valence-corrected chi connectivity index (χ2v) is 4.54. The van der Waals surface area contributed by atoms with Crippen LogP contribution in [0.4, 0.5) is 0 Å². The molecule has 0 spiro atoms. The maximum absolute atomic E-state index is 10.7. The van der Waals surface area contributed by atoms with Crippen LogP contribution in [0, 0.1) is 0 Å². The predicted octanol–water partition coefficient (Wildman–Crippen LogP) is 2.36. The van der Waals surface area contributed by atoms with E-state index < -0.39 is 5.97 Å². The van der Waals surface area contributed by atoms with Gasteiger partial charge in [0, 0.05) is 22.1 Å². The second kappa shape index (κ2) is 4.14. The van der Waals surface area contributed by atoms with Gasteiger partial charge in [-0.25, -0.2) is 0 Å². The van der Waals surface area contributed by atoms with Crippen LogP contribution in [0.5, 0.6) is 5.75 Å². The zero-order valence-corrected chi connectivity index (χ0v) is 9.21. The molecule has 1 aromatic rings. The van der Waals surface area contributed by atoms with E-state index in [-0.39, 0.29) is 12.3 Å². The number of hydrogen-bond acceptors (Lipinski definition) is 3. The lowest BCUT2D eigenvalue weighted by molar-refractivity contribution is -0.137. The van der Waals surface area contributed by atoms with E-state index in [0.717, 1.165) is 22.0 Å². The molecule has 1 N–H and O–H groups in total. The lowest BCUT2D eigenvalue weighted by Gasteiger charge is -2.11. The molecule has 0 aromatic heterocycles. The van der Waals surface area contributed by atoms with Gasteiger partial charge in [0.25, 0.3) is 0 Å². The monoisotopic (exact) mass is 224 g/mol.